The first-order valence-electron chi connectivity index (χ1n) is 10.2. The van der Waals surface area contributed by atoms with Gasteiger partial charge in [0.25, 0.3) is 0 Å². The molecule has 3 rings (SSSR count). The third-order valence-electron chi connectivity index (χ3n) is 5.18. The van der Waals surface area contributed by atoms with Crippen molar-refractivity contribution in [2.45, 2.75) is 47.1 Å². The Morgan fingerprint density at radius 2 is 1.41 bits per heavy atom. The number of benzene rings is 2. The predicted molar refractivity (Wildman–Crippen MR) is 120 cm³/mol. The molecule has 0 aliphatic heterocycles. The monoisotopic (exact) mass is 389 g/mol. The van der Waals surface area contributed by atoms with Gasteiger partial charge in [-0.25, -0.2) is 0 Å². The first-order chi connectivity index (χ1) is 13.8. The van der Waals surface area contributed by atoms with E-state index in [2.05, 4.69) is 80.8 Å². The molecular weight excluding hydrogens is 358 g/mol. The molecule has 0 aliphatic carbocycles. The molecule has 0 saturated heterocycles. The summed E-state index contributed by atoms with van der Waals surface area (Å²) in [6, 6.07) is 21.0. The molecule has 0 radical (unpaired) electrons. The summed E-state index contributed by atoms with van der Waals surface area (Å²) in [6.45, 7) is 9.84. The smallest absolute Gasteiger partial charge is 0.305 e. The summed E-state index contributed by atoms with van der Waals surface area (Å²) < 4.78 is 7.34. The summed E-state index contributed by atoms with van der Waals surface area (Å²) in [6.07, 6.45) is 1.03. The highest BCUT2D eigenvalue weighted by atomic mass is 16.5. The Morgan fingerprint density at radius 3 is 1.90 bits per heavy atom. The van der Waals surface area contributed by atoms with Gasteiger partial charge in [-0.2, -0.15) is 0 Å². The van der Waals surface area contributed by atoms with E-state index in [0.717, 1.165) is 6.54 Å². The Balaban J connectivity index is 2.28. The summed E-state index contributed by atoms with van der Waals surface area (Å²) in [7, 11) is 1.45. The lowest BCUT2D eigenvalue weighted by atomic mass is 9.94. The number of methoxy groups -OCH3 is 1. The van der Waals surface area contributed by atoms with Crippen LogP contribution < -0.4 is 0 Å². The molecule has 3 heteroatoms. The van der Waals surface area contributed by atoms with Crippen LogP contribution in [-0.4, -0.2) is 17.6 Å². The second-order valence-corrected chi connectivity index (χ2v) is 8.74. The van der Waals surface area contributed by atoms with Crippen molar-refractivity contribution in [1.29, 1.82) is 0 Å². The van der Waals surface area contributed by atoms with Crippen LogP contribution in [0.3, 0.4) is 0 Å². The molecule has 1 heterocycles. The lowest BCUT2D eigenvalue weighted by Gasteiger charge is -2.23. The maximum absolute atomic E-state index is 12.0. The largest absolute Gasteiger partial charge is 0.469 e. The maximum Gasteiger partial charge on any atom is 0.305 e. The van der Waals surface area contributed by atoms with Gasteiger partial charge in [0.1, 0.15) is 0 Å². The molecule has 0 spiro atoms. The number of ether oxygens (including phenoxy) is 1. The van der Waals surface area contributed by atoms with Gasteiger partial charge in [0.05, 0.1) is 13.5 Å². The summed E-state index contributed by atoms with van der Waals surface area (Å²) in [5.41, 5.74) is 7.42. The molecule has 3 aromatic rings. The zero-order valence-corrected chi connectivity index (χ0v) is 18.2. The highest BCUT2D eigenvalue weighted by Gasteiger charge is 2.25. The SMILES string of the molecule is COC(=O)CCc1c(-c2ccccc2)c(-c2ccccc2)c(C)n1CC(C)(C)C. The van der Waals surface area contributed by atoms with Crippen molar-refractivity contribution in [1.82, 2.24) is 4.57 Å². The molecule has 29 heavy (non-hydrogen) atoms. The average Bonchev–Trinajstić information content (AvgIpc) is 2.97. The Hall–Kier alpha value is -2.81. The highest BCUT2D eigenvalue weighted by Crippen LogP contribution is 2.41. The van der Waals surface area contributed by atoms with Gasteiger partial charge >= 0.3 is 5.97 Å². The second kappa shape index (κ2) is 8.69. The van der Waals surface area contributed by atoms with Crippen LogP contribution in [0.2, 0.25) is 0 Å². The molecule has 2 aromatic carbocycles. The lowest BCUT2D eigenvalue weighted by Crippen LogP contribution is -2.19. The molecular formula is C26H31NO2. The summed E-state index contributed by atoms with van der Waals surface area (Å²) in [5.74, 6) is -0.175. The predicted octanol–water partition coefficient (Wildman–Crippen LogP) is 6.28. The molecule has 0 amide bonds. The van der Waals surface area contributed by atoms with Crippen molar-refractivity contribution in [2.24, 2.45) is 5.41 Å². The summed E-state index contributed by atoms with van der Waals surface area (Å²) in [4.78, 5) is 12.0. The summed E-state index contributed by atoms with van der Waals surface area (Å²) in [5, 5.41) is 0. The van der Waals surface area contributed by atoms with Crippen molar-refractivity contribution < 1.29 is 9.53 Å². The number of aromatic nitrogens is 1. The summed E-state index contributed by atoms with van der Waals surface area (Å²) >= 11 is 0. The fourth-order valence-corrected chi connectivity index (χ4v) is 3.94. The van der Waals surface area contributed by atoms with E-state index in [1.807, 2.05) is 12.1 Å². The van der Waals surface area contributed by atoms with Crippen LogP contribution in [0.5, 0.6) is 0 Å². The van der Waals surface area contributed by atoms with Crippen molar-refractivity contribution in [3.8, 4) is 22.3 Å². The van der Waals surface area contributed by atoms with Crippen LogP contribution in [0.15, 0.2) is 60.7 Å². The van der Waals surface area contributed by atoms with Crippen LogP contribution in [0.25, 0.3) is 22.3 Å². The molecule has 1 aromatic heterocycles. The van der Waals surface area contributed by atoms with Crippen LogP contribution in [0.1, 0.15) is 38.6 Å². The Kier molecular flexibility index (Phi) is 6.26. The van der Waals surface area contributed by atoms with Gasteiger partial charge < -0.3 is 9.30 Å². The second-order valence-electron chi connectivity index (χ2n) is 8.74. The number of hydrogen-bond acceptors (Lipinski definition) is 2. The van der Waals surface area contributed by atoms with Gasteiger partial charge in [0.15, 0.2) is 0 Å². The molecule has 0 N–H and O–H groups in total. The minimum Gasteiger partial charge on any atom is -0.469 e. The Bertz CT molecular complexity index is 963. The molecule has 0 fully saturated rings. The zero-order valence-electron chi connectivity index (χ0n) is 18.2. The van der Waals surface area contributed by atoms with Crippen molar-refractivity contribution in [3.63, 3.8) is 0 Å². The minimum atomic E-state index is -0.175. The molecule has 0 atom stereocenters. The number of esters is 1. The van der Waals surface area contributed by atoms with E-state index in [4.69, 9.17) is 4.74 Å². The van der Waals surface area contributed by atoms with Gasteiger partial charge in [-0.3, -0.25) is 4.79 Å². The maximum atomic E-state index is 12.0. The van der Waals surface area contributed by atoms with Gasteiger partial charge in [0, 0.05) is 29.1 Å². The molecule has 0 unspecified atom stereocenters. The normalized spacial score (nSPS) is 11.5. The van der Waals surface area contributed by atoms with E-state index in [1.54, 1.807) is 0 Å². The first kappa shape index (κ1) is 20.9. The number of carbonyl (C=O) groups is 1. The van der Waals surface area contributed by atoms with Crippen LogP contribution in [-0.2, 0) is 22.5 Å². The Morgan fingerprint density at radius 1 is 0.897 bits per heavy atom. The fraction of sp³-hybridized carbons (Fsp3) is 0.346. The third kappa shape index (κ3) is 4.79. The van der Waals surface area contributed by atoms with Crippen LogP contribution in [0.4, 0.5) is 0 Å². The van der Waals surface area contributed by atoms with E-state index in [0.29, 0.717) is 12.8 Å². The van der Waals surface area contributed by atoms with Gasteiger partial charge in [-0.05, 0) is 29.9 Å². The van der Waals surface area contributed by atoms with E-state index in [9.17, 15) is 4.79 Å². The highest BCUT2D eigenvalue weighted by molar-refractivity contribution is 5.88. The lowest BCUT2D eigenvalue weighted by molar-refractivity contribution is -0.140. The molecule has 0 saturated carbocycles. The Labute approximate surface area is 174 Å². The average molecular weight is 390 g/mol. The third-order valence-corrected chi connectivity index (χ3v) is 5.18. The van der Waals surface area contributed by atoms with Gasteiger partial charge in [0.2, 0.25) is 0 Å². The van der Waals surface area contributed by atoms with E-state index < -0.39 is 0 Å². The van der Waals surface area contributed by atoms with Gasteiger partial charge in [-0.1, -0.05) is 81.4 Å². The number of nitrogens with zero attached hydrogens (tertiary/aromatic N) is 1. The van der Waals surface area contributed by atoms with E-state index >= 15 is 0 Å². The van der Waals surface area contributed by atoms with E-state index in [1.165, 1.54) is 40.8 Å². The van der Waals surface area contributed by atoms with Gasteiger partial charge in [-0.15, -0.1) is 0 Å². The zero-order chi connectivity index (χ0) is 21.0. The fourth-order valence-electron chi connectivity index (χ4n) is 3.94. The molecule has 152 valence electrons. The number of hydrogen-bond donors (Lipinski definition) is 0. The van der Waals surface area contributed by atoms with Crippen molar-refractivity contribution >= 4 is 5.97 Å². The molecule has 3 nitrogen and oxygen atoms in total. The van der Waals surface area contributed by atoms with Crippen molar-refractivity contribution in [3.05, 3.63) is 72.1 Å². The minimum absolute atomic E-state index is 0.117. The van der Waals surface area contributed by atoms with Crippen molar-refractivity contribution in [2.75, 3.05) is 7.11 Å². The standard InChI is InChI=1S/C26H31NO2/c1-19-24(20-12-8-6-9-13-20)25(21-14-10-7-11-15-21)22(16-17-23(28)29-5)27(19)18-26(2,3)4/h6-15H,16-18H2,1-5H3. The number of carbonyl (C=O) groups excluding carboxylic acids is 1. The van der Waals surface area contributed by atoms with Crippen LogP contribution >= 0.6 is 0 Å². The first-order valence-corrected chi connectivity index (χ1v) is 10.2. The molecule has 0 aliphatic rings. The van der Waals surface area contributed by atoms with Crippen LogP contribution in [0, 0.1) is 12.3 Å². The van der Waals surface area contributed by atoms with E-state index in [-0.39, 0.29) is 11.4 Å². The molecule has 0 bridgehead atoms. The quantitative estimate of drug-likeness (QED) is 0.464. The topological polar surface area (TPSA) is 31.2 Å². The number of rotatable bonds is 6.